The van der Waals surface area contributed by atoms with Crippen LogP contribution in [0.4, 0.5) is 14.6 Å². The van der Waals surface area contributed by atoms with Crippen molar-refractivity contribution in [3.05, 3.63) is 17.7 Å². The maximum Gasteiger partial charge on any atom is 0.252 e. The maximum atomic E-state index is 13.3. The van der Waals surface area contributed by atoms with Gasteiger partial charge in [0.2, 0.25) is 0 Å². The number of rotatable bonds is 4. The molecule has 0 fully saturated rings. The lowest BCUT2D eigenvalue weighted by Gasteiger charge is -2.18. The van der Waals surface area contributed by atoms with Gasteiger partial charge in [0, 0.05) is 13.1 Å². The minimum atomic E-state index is -0.782. The highest BCUT2D eigenvalue weighted by atomic mass is 19.1. The van der Waals surface area contributed by atoms with E-state index in [9.17, 15) is 8.78 Å². The predicted molar refractivity (Wildman–Crippen MR) is 63.3 cm³/mol. The summed E-state index contributed by atoms with van der Waals surface area (Å²) in [5.74, 6) is -1.69. The van der Waals surface area contributed by atoms with Crippen LogP contribution in [0, 0.1) is 17.0 Å². The first-order chi connectivity index (χ1) is 7.83. The Morgan fingerprint density at radius 3 is 2.47 bits per heavy atom. The Morgan fingerprint density at radius 2 is 1.94 bits per heavy atom. The zero-order valence-corrected chi connectivity index (χ0v) is 10.6. The molecule has 0 amide bonds. The van der Waals surface area contributed by atoms with Gasteiger partial charge in [-0.25, -0.2) is 8.78 Å². The van der Waals surface area contributed by atoms with Gasteiger partial charge in [0.1, 0.15) is 0 Å². The highest BCUT2D eigenvalue weighted by molar-refractivity contribution is 5.38. The largest absolute Gasteiger partial charge is 0.476 e. The van der Waals surface area contributed by atoms with Gasteiger partial charge in [-0.05, 0) is 11.8 Å². The van der Waals surface area contributed by atoms with Crippen LogP contribution in [-0.4, -0.2) is 18.6 Å². The zero-order chi connectivity index (χ0) is 13.1. The molecule has 0 saturated carbocycles. The molecule has 96 valence electrons. The van der Waals surface area contributed by atoms with Crippen LogP contribution in [-0.2, 0) is 0 Å². The van der Waals surface area contributed by atoms with Crippen molar-refractivity contribution in [2.75, 3.05) is 19.0 Å². The smallest absolute Gasteiger partial charge is 0.252 e. The van der Waals surface area contributed by atoms with Gasteiger partial charge in [0.15, 0.2) is 17.5 Å². The first-order valence-corrected chi connectivity index (χ1v) is 5.50. The quantitative estimate of drug-likeness (QED) is 0.883. The van der Waals surface area contributed by atoms with Gasteiger partial charge in [0.05, 0.1) is 6.61 Å². The van der Waals surface area contributed by atoms with E-state index in [0.29, 0.717) is 6.61 Å². The lowest BCUT2D eigenvalue weighted by Crippen LogP contribution is -2.12. The fraction of sp³-hybridized carbons (Fsp3) is 0.583. The summed E-state index contributed by atoms with van der Waals surface area (Å²) < 4.78 is 31.7. The minimum Gasteiger partial charge on any atom is -0.476 e. The molecule has 0 aliphatic heterocycles. The van der Waals surface area contributed by atoms with Crippen molar-refractivity contribution in [1.29, 1.82) is 0 Å². The van der Waals surface area contributed by atoms with Crippen molar-refractivity contribution < 1.29 is 13.5 Å². The van der Waals surface area contributed by atoms with E-state index >= 15 is 0 Å². The van der Waals surface area contributed by atoms with Crippen molar-refractivity contribution >= 4 is 5.82 Å². The summed E-state index contributed by atoms with van der Waals surface area (Å²) in [5.41, 5.74) is 0.0995. The number of pyridine rings is 1. The van der Waals surface area contributed by atoms with Crippen LogP contribution in [0.5, 0.6) is 5.88 Å². The third-order valence-electron chi connectivity index (χ3n) is 2.22. The van der Waals surface area contributed by atoms with Crippen LogP contribution in [0.25, 0.3) is 0 Å². The molecule has 17 heavy (non-hydrogen) atoms. The number of halogens is 2. The standard InChI is InChI=1S/C12H18F2N2O/c1-12(2,3)5-6-17-11-9(14)7-8(13)10(15-4)16-11/h7H,5-6H2,1-4H3,(H,15,16). The molecule has 1 rings (SSSR count). The molecule has 1 aromatic rings. The molecule has 0 radical (unpaired) electrons. The summed E-state index contributed by atoms with van der Waals surface area (Å²) >= 11 is 0. The topological polar surface area (TPSA) is 34.2 Å². The van der Waals surface area contributed by atoms with Gasteiger partial charge in [-0.3, -0.25) is 0 Å². The zero-order valence-electron chi connectivity index (χ0n) is 10.6. The second-order valence-electron chi connectivity index (χ2n) is 5.01. The molecule has 0 aliphatic carbocycles. The Bertz CT molecular complexity index is 389. The van der Waals surface area contributed by atoms with Gasteiger partial charge < -0.3 is 10.1 Å². The Labute approximate surface area is 100 Å². The predicted octanol–water partition coefficient (Wildman–Crippen LogP) is 3.22. The molecule has 1 N–H and O–H groups in total. The SMILES string of the molecule is CNc1nc(OCCC(C)(C)C)c(F)cc1F. The molecular weight excluding hydrogens is 226 g/mol. The number of aromatic nitrogens is 1. The molecule has 1 aromatic heterocycles. The monoisotopic (exact) mass is 244 g/mol. The summed E-state index contributed by atoms with van der Waals surface area (Å²) in [6.07, 6.45) is 0.764. The van der Waals surface area contributed by atoms with Gasteiger partial charge in [-0.15, -0.1) is 0 Å². The van der Waals surface area contributed by atoms with E-state index in [2.05, 4.69) is 31.1 Å². The summed E-state index contributed by atoms with van der Waals surface area (Å²) in [7, 11) is 1.52. The number of ether oxygens (including phenoxy) is 1. The van der Waals surface area contributed by atoms with Crippen LogP contribution in [0.3, 0.4) is 0 Å². The molecule has 5 heteroatoms. The van der Waals surface area contributed by atoms with Crippen molar-refractivity contribution in [3.8, 4) is 5.88 Å². The van der Waals surface area contributed by atoms with E-state index in [1.54, 1.807) is 0 Å². The molecule has 3 nitrogen and oxygen atoms in total. The molecular formula is C12H18F2N2O. The fourth-order valence-electron chi connectivity index (χ4n) is 1.18. The molecule has 1 heterocycles. The highest BCUT2D eigenvalue weighted by Gasteiger charge is 2.14. The van der Waals surface area contributed by atoms with E-state index in [4.69, 9.17) is 4.74 Å². The summed E-state index contributed by atoms with van der Waals surface area (Å²) in [6.45, 7) is 6.53. The van der Waals surface area contributed by atoms with Crippen LogP contribution >= 0.6 is 0 Å². The van der Waals surface area contributed by atoms with E-state index < -0.39 is 11.6 Å². The summed E-state index contributed by atoms with van der Waals surface area (Å²) in [4.78, 5) is 3.73. The van der Waals surface area contributed by atoms with E-state index in [0.717, 1.165) is 12.5 Å². The minimum absolute atomic E-state index is 0.0165. The molecule has 0 bridgehead atoms. The molecule has 0 spiro atoms. The third-order valence-corrected chi connectivity index (χ3v) is 2.22. The average Bonchev–Trinajstić information content (AvgIpc) is 2.19. The summed E-state index contributed by atoms with van der Waals surface area (Å²) in [5, 5.41) is 2.54. The second kappa shape index (κ2) is 5.29. The first kappa shape index (κ1) is 13.7. The third kappa shape index (κ3) is 4.17. The molecule has 0 saturated heterocycles. The Kier molecular flexibility index (Phi) is 4.26. The van der Waals surface area contributed by atoms with Crippen molar-refractivity contribution in [1.82, 2.24) is 4.98 Å². The van der Waals surface area contributed by atoms with Crippen LogP contribution in [0.15, 0.2) is 6.07 Å². The lowest BCUT2D eigenvalue weighted by atomic mass is 9.93. The average molecular weight is 244 g/mol. The van der Waals surface area contributed by atoms with Gasteiger partial charge in [-0.2, -0.15) is 4.98 Å². The van der Waals surface area contributed by atoms with Crippen molar-refractivity contribution in [3.63, 3.8) is 0 Å². The van der Waals surface area contributed by atoms with Crippen molar-refractivity contribution in [2.45, 2.75) is 27.2 Å². The summed E-state index contributed by atoms with van der Waals surface area (Å²) in [6, 6.07) is 0.769. The van der Waals surface area contributed by atoms with Crippen LogP contribution in [0.2, 0.25) is 0 Å². The highest BCUT2D eigenvalue weighted by Crippen LogP contribution is 2.22. The van der Waals surface area contributed by atoms with Crippen LogP contribution in [0.1, 0.15) is 27.2 Å². The Hall–Kier alpha value is -1.39. The number of hydrogen-bond donors (Lipinski definition) is 1. The van der Waals surface area contributed by atoms with Gasteiger partial charge in [-0.1, -0.05) is 20.8 Å². The van der Waals surface area contributed by atoms with Gasteiger partial charge in [0.25, 0.3) is 5.88 Å². The molecule has 0 unspecified atom stereocenters. The Balaban J connectivity index is 2.71. The second-order valence-corrected chi connectivity index (χ2v) is 5.01. The molecule has 0 atom stereocenters. The van der Waals surface area contributed by atoms with Gasteiger partial charge >= 0.3 is 0 Å². The first-order valence-electron chi connectivity index (χ1n) is 5.50. The molecule has 0 aromatic carbocycles. The number of nitrogens with one attached hydrogen (secondary N) is 1. The van der Waals surface area contributed by atoms with E-state index in [-0.39, 0.29) is 17.1 Å². The number of hydrogen-bond acceptors (Lipinski definition) is 3. The molecule has 0 aliphatic rings. The number of anilines is 1. The van der Waals surface area contributed by atoms with E-state index in [1.807, 2.05) is 0 Å². The number of nitrogens with zero attached hydrogens (tertiary/aromatic N) is 1. The fourth-order valence-corrected chi connectivity index (χ4v) is 1.18. The maximum absolute atomic E-state index is 13.3. The Morgan fingerprint density at radius 1 is 1.29 bits per heavy atom. The van der Waals surface area contributed by atoms with Crippen LogP contribution < -0.4 is 10.1 Å². The van der Waals surface area contributed by atoms with Crippen molar-refractivity contribution in [2.24, 2.45) is 5.41 Å². The normalized spacial score (nSPS) is 11.4. The lowest BCUT2D eigenvalue weighted by molar-refractivity contribution is 0.227. The van der Waals surface area contributed by atoms with E-state index in [1.165, 1.54) is 7.05 Å².